The Labute approximate surface area is 147 Å². The fourth-order valence-corrected chi connectivity index (χ4v) is 3.16. The number of hydrogen-bond acceptors (Lipinski definition) is 3. The highest BCUT2D eigenvalue weighted by molar-refractivity contribution is 5.81. The summed E-state index contributed by atoms with van der Waals surface area (Å²) in [6.07, 6.45) is 1.34. The van der Waals surface area contributed by atoms with Gasteiger partial charge in [0.25, 0.3) is 0 Å². The maximum absolute atomic E-state index is 12.5. The Morgan fingerprint density at radius 3 is 2.76 bits per heavy atom. The summed E-state index contributed by atoms with van der Waals surface area (Å²) < 4.78 is 5.19. The van der Waals surface area contributed by atoms with Gasteiger partial charge in [-0.3, -0.25) is 9.59 Å². The van der Waals surface area contributed by atoms with Crippen LogP contribution in [0, 0.1) is 0 Å². The average molecular weight is 338 g/mol. The lowest BCUT2D eigenvalue weighted by molar-refractivity contribution is -0.126. The van der Waals surface area contributed by atoms with E-state index in [1.165, 1.54) is 0 Å². The molecule has 0 radical (unpaired) electrons. The lowest BCUT2D eigenvalue weighted by Crippen LogP contribution is -2.50. The van der Waals surface area contributed by atoms with Gasteiger partial charge in [-0.15, -0.1) is 0 Å². The molecule has 0 aromatic heterocycles. The summed E-state index contributed by atoms with van der Waals surface area (Å²) in [7, 11) is 1.61. The third-order valence-corrected chi connectivity index (χ3v) is 4.41. The van der Waals surface area contributed by atoms with Crippen molar-refractivity contribution in [1.29, 1.82) is 0 Å². The Bertz CT molecular complexity index is 746. The van der Waals surface area contributed by atoms with Crippen molar-refractivity contribution in [3.63, 3.8) is 0 Å². The SMILES string of the molecule is COc1cccc(CC(=O)N[C@H]2CCC(=O)N[C@@H]2c2ccccc2)c1. The summed E-state index contributed by atoms with van der Waals surface area (Å²) in [6, 6.07) is 16.9. The van der Waals surface area contributed by atoms with Gasteiger partial charge in [0.2, 0.25) is 11.8 Å². The first-order valence-corrected chi connectivity index (χ1v) is 8.42. The second kappa shape index (κ2) is 7.83. The standard InChI is InChI=1S/C20H22N2O3/c1-25-16-9-5-6-14(12-16)13-19(24)21-17-10-11-18(23)22-20(17)15-7-3-2-4-8-15/h2-9,12,17,20H,10-11,13H2,1H3,(H,21,24)(H,22,23)/t17-,20+/m0/s1. The minimum Gasteiger partial charge on any atom is -0.497 e. The first kappa shape index (κ1) is 17.0. The second-order valence-corrected chi connectivity index (χ2v) is 6.20. The molecule has 2 aromatic carbocycles. The molecule has 130 valence electrons. The Morgan fingerprint density at radius 1 is 1.20 bits per heavy atom. The van der Waals surface area contributed by atoms with Crippen LogP contribution in [0.2, 0.25) is 0 Å². The second-order valence-electron chi connectivity index (χ2n) is 6.20. The van der Waals surface area contributed by atoms with Crippen molar-refractivity contribution in [2.75, 3.05) is 7.11 Å². The molecule has 1 heterocycles. The van der Waals surface area contributed by atoms with Crippen molar-refractivity contribution in [3.05, 3.63) is 65.7 Å². The molecule has 0 spiro atoms. The molecule has 0 aliphatic carbocycles. The highest BCUT2D eigenvalue weighted by atomic mass is 16.5. The Hall–Kier alpha value is -2.82. The van der Waals surface area contributed by atoms with E-state index in [2.05, 4.69) is 10.6 Å². The van der Waals surface area contributed by atoms with Gasteiger partial charge in [0.15, 0.2) is 0 Å². The average Bonchev–Trinajstić information content (AvgIpc) is 2.64. The molecule has 3 rings (SSSR count). The summed E-state index contributed by atoms with van der Waals surface area (Å²) in [5.74, 6) is 0.694. The van der Waals surface area contributed by atoms with E-state index in [-0.39, 0.29) is 30.3 Å². The topological polar surface area (TPSA) is 67.4 Å². The molecule has 1 aliphatic heterocycles. The Kier molecular flexibility index (Phi) is 5.33. The van der Waals surface area contributed by atoms with E-state index in [9.17, 15) is 9.59 Å². The number of nitrogens with one attached hydrogen (secondary N) is 2. The monoisotopic (exact) mass is 338 g/mol. The molecular formula is C20H22N2O3. The van der Waals surface area contributed by atoms with Gasteiger partial charge in [0.05, 0.1) is 25.6 Å². The zero-order chi connectivity index (χ0) is 17.6. The lowest BCUT2D eigenvalue weighted by atomic mass is 9.91. The molecule has 2 amide bonds. The van der Waals surface area contributed by atoms with Gasteiger partial charge in [0, 0.05) is 6.42 Å². The molecule has 2 aromatic rings. The third-order valence-electron chi connectivity index (χ3n) is 4.41. The van der Waals surface area contributed by atoms with Gasteiger partial charge in [-0.25, -0.2) is 0 Å². The van der Waals surface area contributed by atoms with Gasteiger partial charge >= 0.3 is 0 Å². The van der Waals surface area contributed by atoms with Gasteiger partial charge in [0.1, 0.15) is 5.75 Å². The van der Waals surface area contributed by atoms with E-state index in [1.807, 2.05) is 54.6 Å². The predicted molar refractivity (Wildman–Crippen MR) is 95.2 cm³/mol. The molecule has 1 fully saturated rings. The van der Waals surface area contributed by atoms with Crippen LogP contribution in [0.3, 0.4) is 0 Å². The van der Waals surface area contributed by atoms with Crippen molar-refractivity contribution < 1.29 is 14.3 Å². The molecule has 5 heteroatoms. The van der Waals surface area contributed by atoms with Crippen LogP contribution in [-0.2, 0) is 16.0 Å². The molecule has 25 heavy (non-hydrogen) atoms. The van der Waals surface area contributed by atoms with Crippen LogP contribution >= 0.6 is 0 Å². The number of ether oxygens (including phenoxy) is 1. The third kappa shape index (κ3) is 4.38. The summed E-state index contributed by atoms with van der Waals surface area (Å²) in [4.78, 5) is 24.3. The number of methoxy groups -OCH3 is 1. The number of hydrogen-bond donors (Lipinski definition) is 2. The van der Waals surface area contributed by atoms with E-state index in [0.29, 0.717) is 12.8 Å². The molecule has 0 unspecified atom stereocenters. The summed E-state index contributed by atoms with van der Waals surface area (Å²) in [6.45, 7) is 0. The fraction of sp³-hybridized carbons (Fsp3) is 0.300. The zero-order valence-corrected chi connectivity index (χ0v) is 14.2. The van der Waals surface area contributed by atoms with Crippen molar-refractivity contribution in [3.8, 4) is 5.75 Å². The molecule has 1 aliphatic rings. The van der Waals surface area contributed by atoms with Crippen molar-refractivity contribution in [1.82, 2.24) is 10.6 Å². The number of amides is 2. The van der Waals surface area contributed by atoms with Crippen LogP contribution in [0.1, 0.15) is 30.0 Å². The Morgan fingerprint density at radius 2 is 2.00 bits per heavy atom. The minimum absolute atomic E-state index is 0.0205. The summed E-state index contributed by atoms with van der Waals surface area (Å²) in [5.41, 5.74) is 1.90. The molecule has 2 atom stereocenters. The van der Waals surface area contributed by atoms with E-state index in [4.69, 9.17) is 4.74 Å². The highest BCUT2D eigenvalue weighted by Crippen LogP contribution is 2.24. The fourth-order valence-electron chi connectivity index (χ4n) is 3.16. The molecule has 0 bridgehead atoms. The van der Waals surface area contributed by atoms with E-state index in [0.717, 1.165) is 16.9 Å². The van der Waals surface area contributed by atoms with E-state index >= 15 is 0 Å². The minimum atomic E-state index is -0.197. The molecule has 0 saturated carbocycles. The quantitative estimate of drug-likeness (QED) is 0.879. The van der Waals surface area contributed by atoms with Gasteiger partial charge in [-0.05, 0) is 29.7 Å². The predicted octanol–water partition coefficient (Wildman–Crippen LogP) is 2.37. The van der Waals surface area contributed by atoms with Crippen molar-refractivity contribution >= 4 is 11.8 Å². The van der Waals surface area contributed by atoms with Crippen LogP contribution in [0.5, 0.6) is 5.75 Å². The van der Waals surface area contributed by atoms with Gasteiger partial charge in [-0.1, -0.05) is 42.5 Å². The summed E-state index contributed by atoms with van der Waals surface area (Å²) >= 11 is 0. The van der Waals surface area contributed by atoms with Crippen LogP contribution in [0.15, 0.2) is 54.6 Å². The van der Waals surface area contributed by atoms with Gasteiger partial charge < -0.3 is 15.4 Å². The van der Waals surface area contributed by atoms with E-state index in [1.54, 1.807) is 7.11 Å². The smallest absolute Gasteiger partial charge is 0.224 e. The van der Waals surface area contributed by atoms with E-state index < -0.39 is 0 Å². The molecule has 2 N–H and O–H groups in total. The normalized spacial score (nSPS) is 19.8. The number of piperidine rings is 1. The summed E-state index contributed by atoms with van der Waals surface area (Å²) in [5, 5.41) is 6.08. The lowest BCUT2D eigenvalue weighted by Gasteiger charge is -2.33. The van der Waals surface area contributed by atoms with Gasteiger partial charge in [-0.2, -0.15) is 0 Å². The maximum atomic E-state index is 12.5. The van der Waals surface area contributed by atoms with Crippen molar-refractivity contribution in [2.45, 2.75) is 31.3 Å². The van der Waals surface area contributed by atoms with Crippen LogP contribution < -0.4 is 15.4 Å². The molecule has 1 saturated heterocycles. The highest BCUT2D eigenvalue weighted by Gasteiger charge is 2.30. The number of carbonyl (C=O) groups is 2. The zero-order valence-electron chi connectivity index (χ0n) is 14.2. The maximum Gasteiger partial charge on any atom is 0.224 e. The molecular weight excluding hydrogens is 316 g/mol. The first-order chi connectivity index (χ1) is 12.2. The van der Waals surface area contributed by atoms with Crippen LogP contribution in [-0.4, -0.2) is 25.0 Å². The van der Waals surface area contributed by atoms with Crippen LogP contribution in [0.4, 0.5) is 0 Å². The van der Waals surface area contributed by atoms with Crippen LogP contribution in [0.25, 0.3) is 0 Å². The number of rotatable bonds is 5. The largest absolute Gasteiger partial charge is 0.497 e. The number of carbonyl (C=O) groups excluding carboxylic acids is 2. The first-order valence-electron chi connectivity index (χ1n) is 8.42. The Balaban J connectivity index is 1.68. The number of benzene rings is 2. The van der Waals surface area contributed by atoms with Crippen molar-refractivity contribution in [2.24, 2.45) is 0 Å². The molecule has 5 nitrogen and oxygen atoms in total.